The van der Waals surface area contributed by atoms with Gasteiger partial charge in [-0.05, 0) is 31.9 Å². The minimum absolute atomic E-state index is 0.119. The van der Waals surface area contributed by atoms with E-state index in [-0.39, 0.29) is 17.1 Å². The number of hydrogen-bond acceptors (Lipinski definition) is 7. The van der Waals surface area contributed by atoms with E-state index in [1.54, 1.807) is 19.1 Å². The molecule has 1 unspecified atom stereocenters. The van der Waals surface area contributed by atoms with Crippen LogP contribution in [0.1, 0.15) is 141 Å². The zero-order valence-electron chi connectivity index (χ0n) is 27.1. The fourth-order valence-electron chi connectivity index (χ4n) is 5.29. The molecule has 0 saturated heterocycles. The van der Waals surface area contributed by atoms with Crippen molar-refractivity contribution in [3.8, 4) is 0 Å². The Labute approximate surface area is 263 Å². The molecule has 8 nitrogen and oxygen atoms in total. The van der Waals surface area contributed by atoms with Crippen molar-refractivity contribution in [1.29, 1.82) is 0 Å². The summed E-state index contributed by atoms with van der Waals surface area (Å²) in [5.41, 5.74) is -1.36. The molecule has 0 fully saturated rings. The Morgan fingerprint density at radius 2 is 1.05 bits per heavy atom. The standard InChI is InChI=1S/C33H61NO7S2/c1-4-6-8-10-12-13-14-15-16-17-18-20-22-30(35)32(36)31(34-43(40,41)29-25-23-28(3)24-26-29)33(37)42(38,39)27-21-19-11-9-7-5-2/h23-26,30-37H,4-22,27H2,1-3H3/t30-,31-,32-,33?/m1/s1. The summed E-state index contributed by atoms with van der Waals surface area (Å²) < 4.78 is 54.6. The summed E-state index contributed by atoms with van der Waals surface area (Å²) >= 11 is 0. The lowest BCUT2D eigenvalue weighted by molar-refractivity contribution is -0.0221. The smallest absolute Gasteiger partial charge is 0.241 e. The molecule has 0 amide bonds. The minimum atomic E-state index is -4.29. The van der Waals surface area contributed by atoms with E-state index in [0.29, 0.717) is 19.3 Å². The van der Waals surface area contributed by atoms with Crippen LogP contribution in [0, 0.1) is 6.92 Å². The van der Waals surface area contributed by atoms with Gasteiger partial charge in [-0.1, -0.05) is 141 Å². The Morgan fingerprint density at radius 3 is 1.51 bits per heavy atom. The van der Waals surface area contributed by atoms with Gasteiger partial charge in [0.2, 0.25) is 10.0 Å². The van der Waals surface area contributed by atoms with Crippen molar-refractivity contribution in [2.45, 2.75) is 171 Å². The number of sulfonamides is 1. The number of unbranched alkanes of at least 4 members (excludes halogenated alkanes) is 16. The van der Waals surface area contributed by atoms with Crippen molar-refractivity contribution in [2.24, 2.45) is 0 Å². The van der Waals surface area contributed by atoms with Gasteiger partial charge in [-0.2, -0.15) is 0 Å². The van der Waals surface area contributed by atoms with Crippen LogP contribution < -0.4 is 4.72 Å². The van der Waals surface area contributed by atoms with Crippen molar-refractivity contribution in [3.63, 3.8) is 0 Å². The van der Waals surface area contributed by atoms with Crippen LogP contribution in [0.3, 0.4) is 0 Å². The highest BCUT2D eigenvalue weighted by Crippen LogP contribution is 2.21. The lowest BCUT2D eigenvalue weighted by atomic mass is 10.00. The largest absolute Gasteiger partial charge is 0.390 e. The summed E-state index contributed by atoms with van der Waals surface area (Å²) in [5.74, 6) is -0.329. The maximum absolute atomic E-state index is 13.1. The highest BCUT2D eigenvalue weighted by Gasteiger charge is 2.41. The van der Waals surface area contributed by atoms with E-state index in [9.17, 15) is 32.2 Å². The molecule has 0 radical (unpaired) electrons. The topological polar surface area (TPSA) is 141 Å². The lowest BCUT2D eigenvalue weighted by Gasteiger charge is -2.31. The van der Waals surface area contributed by atoms with Gasteiger partial charge in [-0.15, -0.1) is 0 Å². The first kappa shape index (κ1) is 40.0. The predicted molar refractivity (Wildman–Crippen MR) is 176 cm³/mol. The number of benzene rings is 1. The van der Waals surface area contributed by atoms with Gasteiger partial charge in [0.05, 0.1) is 28.9 Å². The molecular formula is C33H61NO7S2. The van der Waals surface area contributed by atoms with Crippen LogP contribution >= 0.6 is 0 Å². The molecule has 43 heavy (non-hydrogen) atoms. The summed E-state index contributed by atoms with van der Waals surface area (Å²) in [6.45, 7) is 6.12. The van der Waals surface area contributed by atoms with Crippen molar-refractivity contribution in [3.05, 3.63) is 29.8 Å². The van der Waals surface area contributed by atoms with Crippen LogP contribution in [0.5, 0.6) is 0 Å². The Hall–Kier alpha value is -1.04. The number of nitrogens with one attached hydrogen (secondary N) is 1. The molecular weight excluding hydrogens is 586 g/mol. The lowest BCUT2D eigenvalue weighted by Crippen LogP contribution is -2.57. The van der Waals surface area contributed by atoms with Gasteiger partial charge in [0.25, 0.3) is 0 Å². The zero-order chi connectivity index (χ0) is 32.1. The molecule has 1 aromatic rings. The van der Waals surface area contributed by atoms with Gasteiger partial charge in [0.15, 0.2) is 15.3 Å². The third-order valence-electron chi connectivity index (χ3n) is 8.20. The average Bonchev–Trinajstić information content (AvgIpc) is 2.97. The van der Waals surface area contributed by atoms with Crippen LogP contribution in [0.25, 0.3) is 0 Å². The molecule has 0 saturated carbocycles. The van der Waals surface area contributed by atoms with E-state index in [2.05, 4.69) is 18.6 Å². The molecule has 0 bridgehead atoms. The third kappa shape index (κ3) is 16.7. The summed E-state index contributed by atoms with van der Waals surface area (Å²) in [6.07, 6.45) is 15.7. The van der Waals surface area contributed by atoms with E-state index in [1.165, 1.54) is 63.5 Å². The van der Waals surface area contributed by atoms with Crippen LogP contribution in [0.15, 0.2) is 29.2 Å². The Kier molecular flexibility index (Phi) is 20.9. The van der Waals surface area contributed by atoms with Crippen LogP contribution in [-0.4, -0.2) is 61.6 Å². The van der Waals surface area contributed by atoms with E-state index >= 15 is 0 Å². The van der Waals surface area contributed by atoms with Gasteiger partial charge in [0, 0.05) is 0 Å². The Balaban J connectivity index is 2.74. The number of hydrogen-bond donors (Lipinski definition) is 4. The molecule has 4 N–H and O–H groups in total. The molecule has 0 aliphatic heterocycles. The summed E-state index contributed by atoms with van der Waals surface area (Å²) in [7, 11) is -8.47. The SMILES string of the molecule is CCCCCCCCCCCCCC[C@@H](O)[C@@H](O)[C@@H](NS(=O)(=O)c1ccc(C)cc1)C(O)S(=O)(=O)CCCCCCCC. The van der Waals surface area contributed by atoms with Crippen molar-refractivity contribution >= 4 is 19.9 Å². The molecule has 10 heteroatoms. The molecule has 0 heterocycles. The predicted octanol–water partition coefficient (Wildman–Crippen LogP) is 6.55. The van der Waals surface area contributed by atoms with E-state index in [0.717, 1.165) is 50.5 Å². The second kappa shape index (κ2) is 22.5. The van der Waals surface area contributed by atoms with Crippen LogP contribution in [0.2, 0.25) is 0 Å². The van der Waals surface area contributed by atoms with Crippen molar-refractivity contribution in [1.82, 2.24) is 4.72 Å². The minimum Gasteiger partial charge on any atom is -0.390 e. The first-order valence-electron chi connectivity index (χ1n) is 16.8. The second-order valence-electron chi connectivity index (χ2n) is 12.2. The normalized spacial score (nSPS) is 15.3. The molecule has 4 atom stereocenters. The molecule has 0 aliphatic rings. The van der Waals surface area contributed by atoms with E-state index < -0.39 is 43.5 Å². The van der Waals surface area contributed by atoms with Gasteiger partial charge < -0.3 is 15.3 Å². The second-order valence-corrected chi connectivity index (χ2v) is 16.2. The first-order valence-corrected chi connectivity index (χ1v) is 20.0. The van der Waals surface area contributed by atoms with E-state index in [1.807, 2.05) is 0 Å². The van der Waals surface area contributed by atoms with Crippen LogP contribution in [-0.2, 0) is 19.9 Å². The Bertz CT molecular complexity index is 1050. The van der Waals surface area contributed by atoms with E-state index in [4.69, 9.17) is 0 Å². The summed E-state index contributed by atoms with van der Waals surface area (Å²) in [4.78, 5) is -0.119. The van der Waals surface area contributed by atoms with Crippen LogP contribution in [0.4, 0.5) is 0 Å². The summed E-state index contributed by atoms with van der Waals surface area (Å²) in [6, 6.07) is 4.15. The zero-order valence-corrected chi connectivity index (χ0v) is 28.7. The maximum atomic E-state index is 13.1. The third-order valence-corrected chi connectivity index (χ3v) is 11.6. The maximum Gasteiger partial charge on any atom is 0.241 e. The monoisotopic (exact) mass is 647 g/mol. The quantitative estimate of drug-likeness (QED) is 0.0794. The number of aliphatic hydroxyl groups is 3. The summed E-state index contributed by atoms with van der Waals surface area (Å²) in [5, 5.41) is 32.7. The highest BCUT2D eigenvalue weighted by molar-refractivity contribution is 7.92. The molecule has 0 aliphatic carbocycles. The average molecular weight is 648 g/mol. The van der Waals surface area contributed by atoms with Crippen molar-refractivity contribution in [2.75, 3.05) is 5.75 Å². The molecule has 0 spiro atoms. The van der Waals surface area contributed by atoms with Crippen molar-refractivity contribution < 1.29 is 32.2 Å². The highest BCUT2D eigenvalue weighted by atomic mass is 32.2. The Morgan fingerprint density at radius 1 is 0.628 bits per heavy atom. The molecule has 252 valence electrons. The van der Waals surface area contributed by atoms with Gasteiger partial charge in [-0.3, -0.25) is 0 Å². The number of rotatable bonds is 27. The molecule has 0 aromatic heterocycles. The fourth-order valence-corrected chi connectivity index (χ4v) is 8.16. The first-order chi connectivity index (χ1) is 20.5. The van der Waals surface area contributed by atoms with Gasteiger partial charge in [0.1, 0.15) is 0 Å². The number of sulfone groups is 1. The molecule has 1 aromatic carbocycles. The molecule has 1 rings (SSSR count). The fraction of sp³-hybridized carbons (Fsp3) is 0.818. The number of aryl methyl sites for hydroxylation is 1. The van der Waals surface area contributed by atoms with Gasteiger partial charge >= 0.3 is 0 Å². The number of aliphatic hydroxyl groups excluding tert-OH is 3. The van der Waals surface area contributed by atoms with Gasteiger partial charge in [-0.25, -0.2) is 21.6 Å².